The normalized spacial score (nSPS) is 14.0. The number of nitrogens with zero attached hydrogens (tertiary/aromatic N) is 5. The van der Waals surface area contributed by atoms with Gasteiger partial charge in [0.2, 0.25) is 0 Å². The molecule has 164 valence electrons. The summed E-state index contributed by atoms with van der Waals surface area (Å²) >= 11 is 0. The van der Waals surface area contributed by atoms with Crippen LogP contribution in [0.5, 0.6) is 0 Å². The van der Waals surface area contributed by atoms with Crippen LogP contribution < -0.4 is 11.2 Å². The topological polar surface area (TPSA) is 85.3 Å². The molecule has 0 aliphatic rings. The van der Waals surface area contributed by atoms with Gasteiger partial charge in [-0.05, 0) is 53.6 Å². The first-order chi connectivity index (χ1) is 13.8. The molecule has 0 aliphatic heterocycles. The Labute approximate surface area is 172 Å². The molecule has 0 saturated heterocycles. The maximum absolute atomic E-state index is 13.3. The Morgan fingerprint density at radius 3 is 2.41 bits per heavy atom. The summed E-state index contributed by atoms with van der Waals surface area (Å²) in [6, 6.07) is 0.130. The molecule has 2 rings (SSSR count). The maximum Gasteiger partial charge on any atom is 0.332 e. The Kier molecular flexibility index (Phi) is 8.64. The van der Waals surface area contributed by atoms with E-state index in [1.165, 1.54) is 4.57 Å². The van der Waals surface area contributed by atoms with Gasteiger partial charge in [0, 0.05) is 25.7 Å². The van der Waals surface area contributed by atoms with Gasteiger partial charge in [0.05, 0.1) is 12.4 Å². The lowest BCUT2D eigenvalue weighted by atomic mass is 10.1. The summed E-state index contributed by atoms with van der Waals surface area (Å²) in [6.45, 7) is 7.32. The molecule has 0 bridgehead atoms. The van der Waals surface area contributed by atoms with E-state index in [1.807, 2.05) is 25.6 Å². The third-order valence-electron chi connectivity index (χ3n) is 5.59. The molecule has 1 N–H and O–H groups in total. The van der Waals surface area contributed by atoms with Gasteiger partial charge in [-0.1, -0.05) is 19.8 Å². The Balaban J connectivity index is 2.43. The second-order valence-electron chi connectivity index (χ2n) is 8.16. The van der Waals surface area contributed by atoms with Crippen LogP contribution in [-0.2, 0) is 19.6 Å². The monoisotopic (exact) mass is 407 g/mol. The first-order valence-corrected chi connectivity index (χ1v) is 10.8. The fourth-order valence-electron chi connectivity index (χ4n) is 3.74. The molecule has 0 aromatic carbocycles. The molecule has 2 heterocycles. The average molecular weight is 408 g/mol. The highest BCUT2D eigenvalue weighted by Crippen LogP contribution is 2.11. The van der Waals surface area contributed by atoms with Gasteiger partial charge in [-0.2, -0.15) is 0 Å². The van der Waals surface area contributed by atoms with E-state index in [0.29, 0.717) is 30.8 Å². The van der Waals surface area contributed by atoms with Crippen molar-refractivity contribution in [2.75, 3.05) is 14.1 Å². The summed E-state index contributed by atoms with van der Waals surface area (Å²) in [5.41, 5.74) is 0.416. The second kappa shape index (κ2) is 10.7. The van der Waals surface area contributed by atoms with Crippen LogP contribution in [0.25, 0.3) is 11.2 Å². The molecular weight excluding hydrogens is 370 g/mol. The van der Waals surface area contributed by atoms with Gasteiger partial charge >= 0.3 is 5.69 Å². The maximum atomic E-state index is 13.3. The summed E-state index contributed by atoms with van der Waals surface area (Å²) in [5.74, 6) is 0. The van der Waals surface area contributed by atoms with E-state index in [4.69, 9.17) is 0 Å². The minimum absolute atomic E-state index is 0.130. The highest BCUT2D eigenvalue weighted by molar-refractivity contribution is 5.70. The first-order valence-electron chi connectivity index (χ1n) is 10.8. The van der Waals surface area contributed by atoms with Gasteiger partial charge < -0.3 is 14.6 Å². The van der Waals surface area contributed by atoms with Crippen molar-refractivity contribution in [2.24, 2.45) is 0 Å². The summed E-state index contributed by atoms with van der Waals surface area (Å²) in [6.07, 6.45) is 6.88. The molecule has 29 heavy (non-hydrogen) atoms. The number of aryl methyl sites for hydroxylation is 2. The lowest BCUT2D eigenvalue weighted by molar-refractivity contribution is 0.180. The van der Waals surface area contributed by atoms with Crippen molar-refractivity contribution >= 4 is 11.2 Å². The molecule has 0 aliphatic carbocycles. The summed E-state index contributed by atoms with van der Waals surface area (Å²) in [5, 5.41) is 9.44. The van der Waals surface area contributed by atoms with Gasteiger partial charge in [-0.3, -0.25) is 13.9 Å². The summed E-state index contributed by atoms with van der Waals surface area (Å²) in [4.78, 5) is 32.8. The van der Waals surface area contributed by atoms with Gasteiger partial charge in [0.15, 0.2) is 11.2 Å². The minimum atomic E-state index is -0.317. The number of likely N-dealkylation sites (N-methyl/N-ethyl adjacent to an activating group) is 1. The van der Waals surface area contributed by atoms with Crippen LogP contribution in [0, 0.1) is 0 Å². The Morgan fingerprint density at radius 2 is 1.83 bits per heavy atom. The van der Waals surface area contributed by atoms with Crippen molar-refractivity contribution in [1.82, 2.24) is 23.6 Å². The van der Waals surface area contributed by atoms with Crippen molar-refractivity contribution < 1.29 is 5.11 Å². The third-order valence-corrected chi connectivity index (χ3v) is 5.59. The van der Waals surface area contributed by atoms with E-state index in [2.05, 4.69) is 16.8 Å². The number of imidazole rings is 1. The molecule has 2 unspecified atom stereocenters. The van der Waals surface area contributed by atoms with E-state index in [-0.39, 0.29) is 23.4 Å². The largest absolute Gasteiger partial charge is 0.393 e. The van der Waals surface area contributed by atoms with Crippen LogP contribution in [0.15, 0.2) is 15.9 Å². The molecular formula is C21H37N5O3. The van der Waals surface area contributed by atoms with E-state index in [0.717, 1.165) is 38.5 Å². The van der Waals surface area contributed by atoms with E-state index in [9.17, 15) is 14.7 Å². The van der Waals surface area contributed by atoms with Crippen molar-refractivity contribution in [3.8, 4) is 0 Å². The SMILES string of the molecule is CCCCC(Cn1c(=O)c2c(ncn2CCCCC(C)O)n(CC)c1=O)N(C)C. The molecule has 0 saturated carbocycles. The number of rotatable bonds is 12. The number of hydrogen-bond acceptors (Lipinski definition) is 5. The zero-order valence-electron chi connectivity index (χ0n) is 18.6. The van der Waals surface area contributed by atoms with Crippen molar-refractivity contribution in [1.29, 1.82) is 0 Å². The van der Waals surface area contributed by atoms with Crippen molar-refractivity contribution in [3.63, 3.8) is 0 Å². The molecule has 2 aromatic rings. The van der Waals surface area contributed by atoms with Gasteiger partial charge in [0.25, 0.3) is 5.56 Å². The average Bonchev–Trinajstić information content (AvgIpc) is 3.08. The van der Waals surface area contributed by atoms with Crippen LogP contribution >= 0.6 is 0 Å². The number of unbranched alkanes of at least 4 members (excludes halogenated alkanes) is 2. The standard InChI is InChI=1S/C21H37N5O3/c1-6-8-12-17(23(4)5)14-26-20(28)18-19(25(7-2)21(26)29)22-15-24(18)13-10-9-11-16(3)27/h15-17,27H,6-14H2,1-5H3. The van der Waals surface area contributed by atoms with E-state index < -0.39 is 0 Å². The Bertz CT molecular complexity index is 894. The molecule has 0 amide bonds. The number of fused-ring (bicyclic) bond motifs is 1. The first kappa shape index (κ1) is 23.3. The highest BCUT2D eigenvalue weighted by atomic mass is 16.3. The molecule has 0 radical (unpaired) electrons. The van der Waals surface area contributed by atoms with Crippen LogP contribution in [0.4, 0.5) is 0 Å². The molecule has 2 aromatic heterocycles. The van der Waals surface area contributed by atoms with Crippen LogP contribution in [0.1, 0.15) is 59.3 Å². The Morgan fingerprint density at radius 1 is 1.10 bits per heavy atom. The molecule has 8 heteroatoms. The Hall–Kier alpha value is -1.93. The van der Waals surface area contributed by atoms with E-state index >= 15 is 0 Å². The smallest absolute Gasteiger partial charge is 0.332 e. The zero-order valence-corrected chi connectivity index (χ0v) is 18.6. The fraction of sp³-hybridized carbons (Fsp3) is 0.762. The zero-order chi connectivity index (χ0) is 21.6. The molecule has 0 spiro atoms. The number of aromatic nitrogens is 4. The van der Waals surface area contributed by atoms with Crippen molar-refractivity contribution in [2.45, 2.75) is 91.1 Å². The summed E-state index contributed by atoms with van der Waals surface area (Å²) in [7, 11) is 3.99. The third kappa shape index (κ3) is 5.57. The quantitative estimate of drug-likeness (QED) is 0.544. The van der Waals surface area contributed by atoms with Crippen LogP contribution in [0.3, 0.4) is 0 Å². The van der Waals surface area contributed by atoms with Crippen molar-refractivity contribution in [3.05, 3.63) is 27.2 Å². The number of aliphatic hydroxyl groups is 1. The predicted octanol–water partition coefficient (Wildman–Crippen LogP) is 2.05. The fourth-order valence-corrected chi connectivity index (χ4v) is 3.74. The summed E-state index contributed by atoms with van der Waals surface area (Å²) < 4.78 is 4.84. The van der Waals surface area contributed by atoms with Crippen LogP contribution in [0.2, 0.25) is 0 Å². The molecule has 8 nitrogen and oxygen atoms in total. The van der Waals surface area contributed by atoms with Gasteiger partial charge in [-0.25, -0.2) is 9.78 Å². The predicted molar refractivity (Wildman–Crippen MR) is 116 cm³/mol. The lowest BCUT2D eigenvalue weighted by Gasteiger charge is -2.25. The van der Waals surface area contributed by atoms with Crippen LogP contribution in [-0.4, -0.2) is 54.9 Å². The molecule has 0 fully saturated rings. The minimum Gasteiger partial charge on any atom is -0.393 e. The molecule has 2 atom stereocenters. The number of hydrogen-bond donors (Lipinski definition) is 1. The van der Waals surface area contributed by atoms with Gasteiger partial charge in [-0.15, -0.1) is 0 Å². The lowest BCUT2D eigenvalue weighted by Crippen LogP contribution is -2.45. The number of aliphatic hydroxyl groups excluding tert-OH is 1. The highest BCUT2D eigenvalue weighted by Gasteiger charge is 2.20. The van der Waals surface area contributed by atoms with Gasteiger partial charge in [0.1, 0.15) is 0 Å². The van der Waals surface area contributed by atoms with E-state index in [1.54, 1.807) is 17.8 Å². The second-order valence-corrected chi connectivity index (χ2v) is 8.16.